The molecule has 0 aliphatic heterocycles. The summed E-state index contributed by atoms with van der Waals surface area (Å²) >= 11 is 12.3. The SMILES string of the molecule is CC1(C)Cc2ccc(Cl)cc2C1Cl. The van der Waals surface area contributed by atoms with E-state index in [9.17, 15) is 0 Å². The van der Waals surface area contributed by atoms with Crippen molar-refractivity contribution in [3.63, 3.8) is 0 Å². The lowest BCUT2D eigenvalue weighted by molar-refractivity contribution is 0.379. The topological polar surface area (TPSA) is 0 Å². The molecule has 1 aromatic carbocycles. The van der Waals surface area contributed by atoms with Gasteiger partial charge in [-0.15, -0.1) is 11.6 Å². The number of rotatable bonds is 0. The fraction of sp³-hybridized carbons (Fsp3) is 0.455. The van der Waals surface area contributed by atoms with Gasteiger partial charge in [0.1, 0.15) is 0 Å². The van der Waals surface area contributed by atoms with E-state index in [1.807, 2.05) is 12.1 Å². The molecule has 0 heterocycles. The smallest absolute Gasteiger partial charge is 0.0642 e. The lowest BCUT2D eigenvalue weighted by atomic mass is 9.90. The highest BCUT2D eigenvalue weighted by Gasteiger charge is 2.37. The number of fused-ring (bicyclic) bond motifs is 1. The van der Waals surface area contributed by atoms with E-state index in [1.165, 1.54) is 11.1 Å². The molecule has 0 amide bonds. The van der Waals surface area contributed by atoms with Crippen molar-refractivity contribution in [2.24, 2.45) is 5.41 Å². The van der Waals surface area contributed by atoms with Gasteiger partial charge in [-0.2, -0.15) is 0 Å². The highest BCUT2D eigenvalue weighted by molar-refractivity contribution is 6.31. The normalized spacial score (nSPS) is 24.5. The van der Waals surface area contributed by atoms with E-state index in [2.05, 4.69) is 19.9 Å². The predicted molar refractivity (Wildman–Crippen MR) is 57.5 cm³/mol. The summed E-state index contributed by atoms with van der Waals surface area (Å²) in [6, 6.07) is 6.01. The molecule has 1 unspecified atom stereocenters. The fourth-order valence-corrected chi connectivity index (χ4v) is 2.42. The van der Waals surface area contributed by atoms with Crippen LogP contribution < -0.4 is 0 Å². The van der Waals surface area contributed by atoms with E-state index in [0.717, 1.165) is 11.4 Å². The van der Waals surface area contributed by atoms with Gasteiger partial charge in [0.2, 0.25) is 0 Å². The average Bonchev–Trinajstić information content (AvgIpc) is 2.26. The van der Waals surface area contributed by atoms with Crippen LogP contribution in [0.3, 0.4) is 0 Å². The molecular formula is C11H12Cl2. The Kier molecular flexibility index (Phi) is 2.08. The Bertz CT molecular complexity index is 342. The second-order valence-corrected chi connectivity index (χ2v) is 5.24. The van der Waals surface area contributed by atoms with Crippen LogP contribution in [0.4, 0.5) is 0 Å². The summed E-state index contributed by atoms with van der Waals surface area (Å²) in [5, 5.41) is 0.878. The molecule has 2 heteroatoms. The molecule has 0 saturated heterocycles. The molecule has 0 spiro atoms. The van der Waals surface area contributed by atoms with Crippen molar-refractivity contribution in [3.8, 4) is 0 Å². The van der Waals surface area contributed by atoms with Crippen molar-refractivity contribution in [1.82, 2.24) is 0 Å². The van der Waals surface area contributed by atoms with E-state index in [4.69, 9.17) is 23.2 Å². The van der Waals surface area contributed by atoms with Crippen molar-refractivity contribution in [2.45, 2.75) is 25.6 Å². The first-order valence-corrected chi connectivity index (χ1v) is 5.24. The minimum atomic E-state index is 0.0983. The summed E-state index contributed by atoms with van der Waals surface area (Å²) < 4.78 is 0. The number of hydrogen-bond donors (Lipinski definition) is 0. The summed E-state index contributed by atoms with van der Waals surface area (Å²) in [5.41, 5.74) is 2.71. The van der Waals surface area contributed by atoms with E-state index in [-0.39, 0.29) is 10.8 Å². The summed E-state index contributed by atoms with van der Waals surface area (Å²) in [4.78, 5) is 0. The second kappa shape index (κ2) is 2.90. The quantitative estimate of drug-likeness (QED) is 0.569. The van der Waals surface area contributed by atoms with Crippen LogP contribution in [0.25, 0.3) is 0 Å². The summed E-state index contributed by atoms with van der Waals surface area (Å²) in [6.45, 7) is 4.39. The number of benzene rings is 1. The Balaban J connectivity index is 2.51. The highest BCUT2D eigenvalue weighted by atomic mass is 35.5. The van der Waals surface area contributed by atoms with Crippen molar-refractivity contribution in [3.05, 3.63) is 34.3 Å². The minimum Gasteiger partial charge on any atom is -0.117 e. The first-order chi connectivity index (χ1) is 6.00. The van der Waals surface area contributed by atoms with Gasteiger partial charge in [-0.1, -0.05) is 31.5 Å². The maximum atomic E-state index is 6.35. The Morgan fingerprint density at radius 3 is 2.77 bits per heavy atom. The number of alkyl halides is 1. The molecular weight excluding hydrogens is 203 g/mol. The molecule has 0 saturated carbocycles. The zero-order valence-electron chi connectivity index (χ0n) is 7.77. The van der Waals surface area contributed by atoms with Crippen LogP contribution in [0, 0.1) is 5.41 Å². The summed E-state index contributed by atoms with van der Waals surface area (Å²) in [5.74, 6) is 0. The molecule has 0 radical (unpaired) electrons. The molecule has 0 aromatic heterocycles. The van der Waals surface area contributed by atoms with Gasteiger partial charge in [0.25, 0.3) is 0 Å². The maximum absolute atomic E-state index is 6.35. The molecule has 1 aromatic rings. The minimum absolute atomic E-state index is 0.0983. The molecule has 1 aliphatic rings. The second-order valence-electron chi connectivity index (χ2n) is 4.37. The monoisotopic (exact) mass is 214 g/mol. The predicted octanol–water partition coefficient (Wildman–Crippen LogP) is 4.20. The zero-order chi connectivity index (χ0) is 9.64. The van der Waals surface area contributed by atoms with Crippen molar-refractivity contribution in [2.75, 3.05) is 0 Å². The summed E-state index contributed by atoms with van der Waals surface area (Å²) in [6.07, 6.45) is 1.05. The average molecular weight is 215 g/mol. The van der Waals surface area contributed by atoms with Gasteiger partial charge in [0, 0.05) is 5.02 Å². The van der Waals surface area contributed by atoms with Crippen molar-refractivity contribution in [1.29, 1.82) is 0 Å². The maximum Gasteiger partial charge on any atom is 0.0642 e. The van der Waals surface area contributed by atoms with Gasteiger partial charge in [0.05, 0.1) is 5.38 Å². The Labute approximate surface area is 88.9 Å². The van der Waals surface area contributed by atoms with Crippen LogP contribution in [0.5, 0.6) is 0 Å². The van der Waals surface area contributed by atoms with Crippen LogP contribution in [0.2, 0.25) is 5.02 Å². The highest BCUT2D eigenvalue weighted by Crippen LogP contribution is 2.49. The molecule has 1 atom stereocenters. The first kappa shape index (κ1) is 9.36. The van der Waals surface area contributed by atoms with E-state index >= 15 is 0 Å². The lowest BCUT2D eigenvalue weighted by Gasteiger charge is -2.21. The molecule has 0 bridgehead atoms. The molecule has 0 nitrogen and oxygen atoms in total. The molecule has 1 aliphatic carbocycles. The molecule has 0 N–H and O–H groups in total. The molecule has 2 rings (SSSR count). The van der Waals surface area contributed by atoms with E-state index in [1.54, 1.807) is 0 Å². The third-order valence-electron chi connectivity index (χ3n) is 2.71. The Morgan fingerprint density at radius 1 is 1.38 bits per heavy atom. The van der Waals surface area contributed by atoms with Crippen LogP contribution in [-0.2, 0) is 6.42 Å². The van der Waals surface area contributed by atoms with E-state index in [0.29, 0.717) is 0 Å². The Morgan fingerprint density at radius 2 is 2.08 bits per heavy atom. The molecule has 70 valence electrons. The fourth-order valence-electron chi connectivity index (χ4n) is 1.96. The molecule has 13 heavy (non-hydrogen) atoms. The largest absolute Gasteiger partial charge is 0.117 e. The van der Waals surface area contributed by atoms with Crippen LogP contribution >= 0.6 is 23.2 Å². The van der Waals surface area contributed by atoms with Gasteiger partial charge in [-0.25, -0.2) is 0 Å². The van der Waals surface area contributed by atoms with Gasteiger partial charge in [0.15, 0.2) is 0 Å². The third kappa shape index (κ3) is 1.47. The Hall–Kier alpha value is -0.200. The van der Waals surface area contributed by atoms with Gasteiger partial charge in [-0.05, 0) is 35.1 Å². The first-order valence-electron chi connectivity index (χ1n) is 4.43. The van der Waals surface area contributed by atoms with Gasteiger partial charge < -0.3 is 0 Å². The molecule has 0 fully saturated rings. The van der Waals surface area contributed by atoms with Gasteiger partial charge >= 0.3 is 0 Å². The zero-order valence-corrected chi connectivity index (χ0v) is 9.28. The van der Waals surface area contributed by atoms with Crippen molar-refractivity contribution >= 4 is 23.2 Å². The van der Waals surface area contributed by atoms with Crippen LogP contribution in [0.1, 0.15) is 30.4 Å². The van der Waals surface area contributed by atoms with Crippen LogP contribution in [0.15, 0.2) is 18.2 Å². The number of hydrogen-bond acceptors (Lipinski definition) is 0. The third-order valence-corrected chi connectivity index (χ3v) is 3.77. The van der Waals surface area contributed by atoms with Crippen LogP contribution in [-0.4, -0.2) is 0 Å². The lowest BCUT2D eigenvalue weighted by Crippen LogP contribution is -2.12. The number of halogens is 2. The van der Waals surface area contributed by atoms with Gasteiger partial charge in [-0.3, -0.25) is 0 Å². The summed E-state index contributed by atoms with van der Waals surface area (Å²) in [7, 11) is 0. The van der Waals surface area contributed by atoms with E-state index < -0.39 is 0 Å². The van der Waals surface area contributed by atoms with Crippen molar-refractivity contribution < 1.29 is 0 Å². The standard InChI is InChI=1S/C11H12Cl2/c1-11(2)6-7-3-4-8(12)5-9(7)10(11)13/h3-5,10H,6H2,1-2H3.